The number of nitrogens with zero attached hydrogens (tertiary/aromatic N) is 1. The summed E-state index contributed by atoms with van der Waals surface area (Å²) in [5.41, 5.74) is 3.98. The second-order valence-electron chi connectivity index (χ2n) is 7.43. The van der Waals surface area contributed by atoms with E-state index in [-0.39, 0.29) is 31.5 Å². The number of ether oxygens (including phenoxy) is 1. The largest absolute Gasteiger partial charge is 0.447 e. The van der Waals surface area contributed by atoms with Crippen LogP contribution in [0.1, 0.15) is 32.1 Å². The molecule has 3 atom stereocenters. The molecule has 10 N–H and O–H groups in total. The zero-order chi connectivity index (χ0) is 20.4. The van der Waals surface area contributed by atoms with Gasteiger partial charge in [0.2, 0.25) is 5.79 Å². The van der Waals surface area contributed by atoms with E-state index in [1.54, 1.807) is 0 Å². The van der Waals surface area contributed by atoms with E-state index in [0.29, 0.717) is 13.1 Å². The average Bonchev–Trinajstić information content (AvgIpc) is 3.13. The number of guanidine groups is 2. The van der Waals surface area contributed by atoms with Crippen LogP contribution in [0.4, 0.5) is 4.79 Å². The van der Waals surface area contributed by atoms with Crippen molar-refractivity contribution in [1.29, 1.82) is 10.8 Å². The van der Waals surface area contributed by atoms with Crippen LogP contribution < -0.4 is 27.0 Å². The fraction of sp³-hybridized carbons (Fsp3) is 0.812. The molecule has 0 aromatic heterocycles. The highest BCUT2D eigenvalue weighted by Crippen LogP contribution is 2.42. The molecule has 28 heavy (non-hydrogen) atoms. The molecule has 0 aromatic carbocycles. The van der Waals surface area contributed by atoms with Crippen LogP contribution >= 0.6 is 0 Å². The first kappa shape index (κ1) is 20.4. The average molecular weight is 398 g/mol. The van der Waals surface area contributed by atoms with Gasteiger partial charge in [-0.1, -0.05) is 12.8 Å². The van der Waals surface area contributed by atoms with E-state index in [1.807, 2.05) is 0 Å². The number of amides is 1. The van der Waals surface area contributed by atoms with Gasteiger partial charge in [-0.25, -0.2) is 4.79 Å². The van der Waals surface area contributed by atoms with Crippen LogP contribution in [0, 0.1) is 10.8 Å². The van der Waals surface area contributed by atoms with Crippen molar-refractivity contribution in [1.82, 2.24) is 26.2 Å². The Morgan fingerprint density at radius 1 is 1.29 bits per heavy atom. The van der Waals surface area contributed by atoms with Crippen LogP contribution in [0.3, 0.4) is 0 Å². The molecule has 3 aliphatic heterocycles. The molecular weight excluding hydrogens is 368 g/mol. The monoisotopic (exact) mass is 398 g/mol. The third-order valence-electron chi connectivity index (χ3n) is 5.57. The van der Waals surface area contributed by atoms with Gasteiger partial charge in [-0.3, -0.25) is 10.8 Å². The van der Waals surface area contributed by atoms with Crippen molar-refractivity contribution >= 4 is 18.0 Å². The van der Waals surface area contributed by atoms with Crippen LogP contribution in [0.25, 0.3) is 0 Å². The minimum Gasteiger partial charge on any atom is -0.447 e. The van der Waals surface area contributed by atoms with Gasteiger partial charge in [0.1, 0.15) is 6.61 Å². The van der Waals surface area contributed by atoms with Crippen molar-refractivity contribution in [3.8, 4) is 0 Å². The van der Waals surface area contributed by atoms with E-state index in [9.17, 15) is 15.0 Å². The molecule has 0 saturated carbocycles. The SMILES string of the molecule is N=C1N[C@H]2[C@H](COC(=O)NCCCCCCN)NC(=N)N3CCC(O)(O)[C@]23N1. The predicted octanol–water partition coefficient (Wildman–Crippen LogP) is -2.28. The summed E-state index contributed by atoms with van der Waals surface area (Å²) in [6.07, 6.45) is 3.26. The quantitative estimate of drug-likeness (QED) is 0.160. The minimum atomic E-state index is -2.15. The molecule has 3 aliphatic rings. The standard InChI is InChI=1S/C16H30N8O4/c17-6-3-1-2-4-7-20-14(25)28-9-10-11-16(23-12(18)22-11)15(26,27)5-8-24(16)13(19)21-10/h10-11,26-27H,1-9,17H2,(H2,19,21)(H,20,25)(H3,18,22,23)/t10-,11-,16-/m0/s1. The van der Waals surface area contributed by atoms with E-state index in [2.05, 4.69) is 21.3 Å². The molecule has 3 saturated heterocycles. The van der Waals surface area contributed by atoms with Crippen molar-refractivity contribution in [3.63, 3.8) is 0 Å². The van der Waals surface area contributed by atoms with Gasteiger partial charge in [-0.05, 0) is 19.4 Å². The summed E-state index contributed by atoms with van der Waals surface area (Å²) >= 11 is 0. The van der Waals surface area contributed by atoms with Gasteiger partial charge in [-0.15, -0.1) is 0 Å². The van der Waals surface area contributed by atoms with E-state index < -0.39 is 29.6 Å². The molecule has 0 radical (unpaired) electrons. The van der Waals surface area contributed by atoms with Gasteiger partial charge in [0.05, 0.1) is 12.1 Å². The number of rotatable bonds is 8. The Hall–Kier alpha value is -2.31. The van der Waals surface area contributed by atoms with Gasteiger partial charge in [-0.2, -0.15) is 0 Å². The van der Waals surface area contributed by atoms with Gasteiger partial charge in [0, 0.05) is 19.5 Å². The highest BCUT2D eigenvalue weighted by Gasteiger charge is 2.70. The lowest BCUT2D eigenvalue weighted by molar-refractivity contribution is -0.223. The molecule has 0 bridgehead atoms. The van der Waals surface area contributed by atoms with Crippen LogP contribution in [0.15, 0.2) is 0 Å². The van der Waals surface area contributed by atoms with Crippen molar-refractivity contribution in [2.45, 2.75) is 55.6 Å². The Labute approximate surface area is 163 Å². The maximum atomic E-state index is 11.9. The molecule has 0 aromatic rings. The van der Waals surface area contributed by atoms with Gasteiger partial charge >= 0.3 is 6.09 Å². The van der Waals surface area contributed by atoms with Crippen LogP contribution in [-0.2, 0) is 4.74 Å². The number of nitrogens with two attached hydrogens (primary N) is 1. The van der Waals surface area contributed by atoms with Gasteiger partial charge in [0.25, 0.3) is 0 Å². The highest BCUT2D eigenvalue weighted by molar-refractivity contribution is 5.87. The zero-order valence-electron chi connectivity index (χ0n) is 15.8. The number of alkyl carbamates (subject to hydrolysis) is 1. The fourth-order valence-corrected chi connectivity index (χ4v) is 4.18. The first-order valence-electron chi connectivity index (χ1n) is 9.63. The molecule has 1 spiro atoms. The predicted molar refractivity (Wildman–Crippen MR) is 101 cm³/mol. The third kappa shape index (κ3) is 3.54. The van der Waals surface area contributed by atoms with Gasteiger partial charge < -0.3 is 46.9 Å². The Balaban J connectivity index is 1.56. The lowest BCUT2D eigenvalue weighted by atomic mass is 9.86. The first-order valence-corrected chi connectivity index (χ1v) is 9.63. The van der Waals surface area contributed by atoms with Crippen molar-refractivity contribution in [2.75, 3.05) is 26.2 Å². The van der Waals surface area contributed by atoms with Crippen molar-refractivity contribution in [3.05, 3.63) is 0 Å². The first-order chi connectivity index (χ1) is 13.3. The Morgan fingerprint density at radius 2 is 2.04 bits per heavy atom. The van der Waals surface area contributed by atoms with Crippen molar-refractivity contribution < 1.29 is 19.7 Å². The molecule has 0 aliphatic carbocycles. The smallest absolute Gasteiger partial charge is 0.407 e. The second-order valence-corrected chi connectivity index (χ2v) is 7.43. The number of hydrogen-bond donors (Lipinski definition) is 9. The maximum absolute atomic E-state index is 11.9. The number of carbonyl (C=O) groups excluding carboxylic acids is 1. The summed E-state index contributed by atoms with van der Waals surface area (Å²) in [4.78, 5) is 13.4. The number of unbranched alkanes of at least 4 members (excludes halogenated alkanes) is 3. The number of nitrogens with one attached hydrogen (secondary N) is 6. The summed E-state index contributed by atoms with van der Waals surface area (Å²) in [6.45, 7) is 1.32. The summed E-state index contributed by atoms with van der Waals surface area (Å²) in [5, 5.41) is 48.5. The molecule has 0 unspecified atom stereocenters. The highest BCUT2D eigenvalue weighted by atomic mass is 16.5. The topological polar surface area (TPSA) is 192 Å². The molecular formula is C16H30N8O4. The third-order valence-corrected chi connectivity index (χ3v) is 5.57. The lowest BCUT2D eigenvalue weighted by Crippen LogP contribution is -2.80. The van der Waals surface area contributed by atoms with Crippen LogP contribution in [0.2, 0.25) is 0 Å². The Kier molecular flexibility index (Phi) is 5.82. The molecule has 3 heterocycles. The second kappa shape index (κ2) is 7.97. The van der Waals surface area contributed by atoms with Crippen LogP contribution in [0.5, 0.6) is 0 Å². The molecule has 12 heteroatoms. The minimum absolute atomic E-state index is 0.0147. The maximum Gasteiger partial charge on any atom is 0.407 e. The Morgan fingerprint density at radius 3 is 2.79 bits per heavy atom. The molecule has 1 amide bonds. The van der Waals surface area contributed by atoms with E-state index >= 15 is 0 Å². The summed E-state index contributed by atoms with van der Waals surface area (Å²) < 4.78 is 5.27. The normalized spacial score (nSPS) is 30.0. The van der Waals surface area contributed by atoms with Gasteiger partial charge in [0.15, 0.2) is 17.6 Å². The van der Waals surface area contributed by atoms with Crippen molar-refractivity contribution in [2.24, 2.45) is 5.73 Å². The number of carbonyl (C=O) groups is 1. The Bertz CT molecular complexity index is 630. The fourth-order valence-electron chi connectivity index (χ4n) is 4.18. The van der Waals surface area contributed by atoms with E-state index in [1.165, 1.54) is 4.90 Å². The molecule has 12 nitrogen and oxygen atoms in total. The molecule has 158 valence electrons. The number of aliphatic hydroxyl groups is 2. The summed E-state index contributed by atoms with van der Waals surface area (Å²) in [6, 6.07) is -1.30. The molecule has 3 fully saturated rings. The van der Waals surface area contributed by atoms with Crippen LogP contribution in [-0.4, -0.2) is 82.9 Å². The lowest BCUT2D eigenvalue weighted by Gasteiger charge is -2.51. The van der Waals surface area contributed by atoms with E-state index in [4.69, 9.17) is 21.3 Å². The van der Waals surface area contributed by atoms with E-state index in [0.717, 1.165) is 25.7 Å². The zero-order valence-corrected chi connectivity index (χ0v) is 15.8. The summed E-state index contributed by atoms with van der Waals surface area (Å²) in [7, 11) is 0. The number of hydrogen-bond acceptors (Lipinski definition) is 7. The summed E-state index contributed by atoms with van der Waals surface area (Å²) in [5.74, 6) is -2.24. The molecule has 3 rings (SSSR count).